The number of hydrogen-bond acceptors (Lipinski definition) is 8. The molecule has 0 saturated carbocycles. The zero-order valence-corrected chi connectivity index (χ0v) is 26.6. The second kappa shape index (κ2) is 14.2. The van der Waals surface area contributed by atoms with Gasteiger partial charge in [0.15, 0.2) is 11.4 Å². The molecule has 2 aliphatic heterocycles. The summed E-state index contributed by atoms with van der Waals surface area (Å²) < 4.78 is 11.8. The van der Waals surface area contributed by atoms with Gasteiger partial charge in [0.25, 0.3) is 5.56 Å². The minimum absolute atomic E-state index is 0.0773. The van der Waals surface area contributed by atoms with Crippen molar-refractivity contribution in [3.05, 3.63) is 63.3 Å². The van der Waals surface area contributed by atoms with Crippen molar-refractivity contribution in [2.24, 2.45) is 5.92 Å². The van der Waals surface area contributed by atoms with Gasteiger partial charge in [0.05, 0.1) is 11.6 Å². The molecular formula is C34H40ClN5O5. The largest absolute Gasteiger partial charge is 0.462 e. The second-order valence-electron chi connectivity index (χ2n) is 12.1. The number of aryl methyl sites for hydroxylation is 1. The number of anilines is 1. The van der Waals surface area contributed by atoms with Gasteiger partial charge in [0, 0.05) is 55.2 Å². The van der Waals surface area contributed by atoms with E-state index in [-0.39, 0.29) is 23.0 Å². The first-order chi connectivity index (χ1) is 21.7. The molecule has 5 heterocycles. The van der Waals surface area contributed by atoms with Crippen molar-refractivity contribution in [2.45, 2.75) is 64.2 Å². The summed E-state index contributed by atoms with van der Waals surface area (Å²) in [4.78, 5) is 41.9. The van der Waals surface area contributed by atoms with E-state index in [1.54, 1.807) is 11.0 Å². The fourth-order valence-corrected chi connectivity index (χ4v) is 6.54. The third kappa shape index (κ3) is 7.04. The summed E-state index contributed by atoms with van der Waals surface area (Å²) in [6, 6.07) is 9.78. The minimum atomic E-state index is -0.363. The SMILES string of the molecule is C#CO.CC1CN(C(=O)OCCCCCc2nc(N3CCCC3)c3oc4ccccc4c3n2)CCC1(C)c1cc(Cl)c[nH]c1=O. The van der Waals surface area contributed by atoms with Gasteiger partial charge in [0.1, 0.15) is 23.0 Å². The molecule has 4 aromatic rings. The monoisotopic (exact) mass is 633 g/mol. The van der Waals surface area contributed by atoms with Crippen LogP contribution >= 0.6 is 11.6 Å². The number of aromatic amines is 1. The van der Waals surface area contributed by atoms with E-state index >= 15 is 0 Å². The van der Waals surface area contributed by atoms with Gasteiger partial charge in [-0.1, -0.05) is 44.0 Å². The lowest BCUT2D eigenvalue weighted by molar-refractivity contribution is 0.0647. The number of aliphatic hydroxyl groups excluding tert-OH is 1. The number of furan rings is 1. The van der Waals surface area contributed by atoms with Crippen molar-refractivity contribution in [2.75, 3.05) is 37.7 Å². The number of benzene rings is 1. The number of para-hydroxylation sites is 1. The number of carbonyl (C=O) groups is 1. The van der Waals surface area contributed by atoms with Gasteiger partial charge in [-0.2, -0.15) is 0 Å². The number of H-pyrrole nitrogens is 1. The highest BCUT2D eigenvalue weighted by Crippen LogP contribution is 2.39. The summed E-state index contributed by atoms with van der Waals surface area (Å²) >= 11 is 6.16. The summed E-state index contributed by atoms with van der Waals surface area (Å²) in [6.07, 6.45) is 13.0. The molecule has 11 heteroatoms. The summed E-state index contributed by atoms with van der Waals surface area (Å²) in [5, 5.41) is 8.63. The van der Waals surface area contributed by atoms with Crippen molar-refractivity contribution in [1.82, 2.24) is 19.9 Å². The van der Waals surface area contributed by atoms with Gasteiger partial charge in [-0.15, -0.1) is 0 Å². The standard InChI is InChI=1S/C32H38ClN5O4.C2H2O/c1-21-20-38(16-13-32(21,2)24-18-22(33)19-34-30(24)39)31(40)41-17-9-3-4-12-26-35-27-23-10-5-6-11-25(23)42-28(27)29(36-26)37-14-7-8-15-37;1-2-3/h5-6,10-11,18-19,21H,3-4,7-9,12-17,20H2,1-2H3,(H,34,39);1,3H. The molecule has 2 saturated heterocycles. The Bertz CT molecular complexity index is 1740. The van der Waals surface area contributed by atoms with Crippen LogP contribution in [0, 0.1) is 18.4 Å². The molecule has 0 bridgehead atoms. The lowest BCUT2D eigenvalue weighted by Gasteiger charge is -2.44. The van der Waals surface area contributed by atoms with Crippen molar-refractivity contribution < 1.29 is 19.1 Å². The van der Waals surface area contributed by atoms with E-state index in [9.17, 15) is 9.59 Å². The van der Waals surface area contributed by atoms with Gasteiger partial charge >= 0.3 is 6.09 Å². The number of hydrogen-bond donors (Lipinski definition) is 2. The number of pyridine rings is 1. The molecule has 1 aromatic carbocycles. The number of unbranched alkanes of at least 4 members (excludes halogenated alkanes) is 2. The Morgan fingerprint density at radius 2 is 1.98 bits per heavy atom. The molecule has 10 nitrogen and oxygen atoms in total. The van der Waals surface area contributed by atoms with Crippen LogP contribution in [-0.4, -0.2) is 63.8 Å². The highest BCUT2D eigenvalue weighted by Gasteiger charge is 2.41. The number of rotatable bonds is 8. The average Bonchev–Trinajstić information content (AvgIpc) is 3.70. The van der Waals surface area contributed by atoms with Crippen molar-refractivity contribution in [3.63, 3.8) is 0 Å². The lowest BCUT2D eigenvalue weighted by atomic mass is 9.68. The number of aromatic nitrogens is 3. The smallest absolute Gasteiger partial charge is 0.409 e. The van der Waals surface area contributed by atoms with Gasteiger partial charge in [-0.25, -0.2) is 14.8 Å². The Balaban J connectivity index is 0.00000128. The summed E-state index contributed by atoms with van der Waals surface area (Å²) in [7, 11) is 0. The van der Waals surface area contributed by atoms with E-state index in [4.69, 9.17) is 35.8 Å². The maximum Gasteiger partial charge on any atom is 0.409 e. The molecule has 3 aromatic heterocycles. The van der Waals surface area contributed by atoms with Gasteiger partial charge in [-0.3, -0.25) is 4.79 Å². The Morgan fingerprint density at radius 1 is 1.22 bits per heavy atom. The van der Waals surface area contributed by atoms with Crippen LogP contribution in [0.25, 0.3) is 22.1 Å². The molecule has 238 valence electrons. The number of ether oxygens (including phenoxy) is 1. The van der Waals surface area contributed by atoms with Crippen LogP contribution in [0.1, 0.15) is 63.8 Å². The highest BCUT2D eigenvalue weighted by molar-refractivity contribution is 6.30. The maximum absolute atomic E-state index is 12.8. The molecule has 0 spiro atoms. The number of carbonyl (C=O) groups excluding carboxylic acids is 1. The molecule has 2 aliphatic rings. The number of terminal acetylenes is 1. The van der Waals surface area contributed by atoms with Crippen molar-refractivity contribution in [1.29, 1.82) is 0 Å². The Morgan fingerprint density at radius 3 is 2.73 bits per heavy atom. The normalized spacial score (nSPS) is 19.7. The fourth-order valence-electron chi connectivity index (χ4n) is 6.37. The van der Waals surface area contributed by atoms with Gasteiger partial charge in [-0.05, 0) is 62.6 Å². The third-order valence-corrected chi connectivity index (χ3v) is 9.37. The summed E-state index contributed by atoms with van der Waals surface area (Å²) in [5.41, 5.74) is 2.69. The Hall–Kier alpha value is -4.23. The third-order valence-electron chi connectivity index (χ3n) is 9.15. The topological polar surface area (TPSA) is 125 Å². The van der Waals surface area contributed by atoms with Crippen LogP contribution in [0.15, 0.2) is 45.7 Å². The zero-order valence-electron chi connectivity index (χ0n) is 25.9. The summed E-state index contributed by atoms with van der Waals surface area (Å²) in [5.74, 6) is 1.81. The van der Waals surface area contributed by atoms with E-state index in [1.165, 1.54) is 12.3 Å². The van der Waals surface area contributed by atoms with Crippen LogP contribution in [0.4, 0.5) is 10.6 Å². The molecule has 2 fully saturated rings. The fraction of sp³-hybridized carbons (Fsp3) is 0.471. The van der Waals surface area contributed by atoms with Gasteiger partial charge < -0.3 is 29.0 Å². The van der Waals surface area contributed by atoms with Crippen LogP contribution in [0.5, 0.6) is 0 Å². The molecule has 2 unspecified atom stereocenters. The Labute approximate surface area is 267 Å². The number of piperidine rings is 1. The number of fused-ring (bicyclic) bond motifs is 3. The number of nitrogens with one attached hydrogen (secondary N) is 1. The predicted molar refractivity (Wildman–Crippen MR) is 175 cm³/mol. The van der Waals surface area contributed by atoms with Crippen LogP contribution in [-0.2, 0) is 16.6 Å². The van der Waals surface area contributed by atoms with E-state index in [0.717, 1.165) is 85.3 Å². The molecule has 0 aliphatic carbocycles. The van der Waals surface area contributed by atoms with Crippen molar-refractivity contribution >= 4 is 45.6 Å². The first-order valence-electron chi connectivity index (χ1n) is 15.6. The molecule has 6 rings (SSSR count). The summed E-state index contributed by atoms with van der Waals surface area (Å²) in [6.45, 7) is 7.56. The molecule has 0 radical (unpaired) electrons. The second-order valence-corrected chi connectivity index (χ2v) is 12.5. The van der Waals surface area contributed by atoms with E-state index in [1.807, 2.05) is 18.2 Å². The quantitative estimate of drug-likeness (QED) is 0.168. The number of aliphatic hydroxyl groups is 1. The molecule has 2 atom stereocenters. The zero-order chi connectivity index (χ0) is 32.0. The van der Waals surface area contributed by atoms with Crippen LogP contribution in [0.2, 0.25) is 5.02 Å². The molecular weight excluding hydrogens is 594 g/mol. The van der Waals surface area contributed by atoms with E-state index < -0.39 is 0 Å². The number of nitrogens with zero attached hydrogens (tertiary/aromatic N) is 4. The predicted octanol–water partition coefficient (Wildman–Crippen LogP) is 6.42. The number of halogens is 1. The van der Waals surface area contributed by atoms with Crippen LogP contribution < -0.4 is 10.5 Å². The molecule has 1 amide bonds. The van der Waals surface area contributed by atoms with Crippen molar-refractivity contribution in [3.8, 4) is 12.5 Å². The highest BCUT2D eigenvalue weighted by atomic mass is 35.5. The van der Waals surface area contributed by atoms with E-state index in [0.29, 0.717) is 36.7 Å². The van der Waals surface area contributed by atoms with Gasteiger partial charge in [0.2, 0.25) is 0 Å². The van der Waals surface area contributed by atoms with E-state index in [2.05, 4.69) is 36.2 Å². The lowest BCUT2D eigenvalue weighted by Crippen LogP contribution is -2.51. The average molecular weight is 634 g/mol. The minimum Gasteiger partial charge on any atom is -0.462 e. The molecule has 45 heavy (non-hydrogen) atoms. The number of amides is 1. The maximum atomic E-state index is 12.8. The first-order valence-corrected chi connectivity index (χ1v) is 16.0. The Kier molecular flexibility index (Phi) is 10.2. The van der Waals surface area contributed by atoms with Crippen LogP contribution in [0.3, 0.4) is 0 Å². The molecule has 2 N–H and O–H groups in total. The first kappa shape index (κ1) is 32.2. The number of likely N-dealkylation sites (tertiary alicyclic amines) is 1.